The summed E-state index contributed by atoms with van der Waals surface area (Å²) in [6.45, 7) is 4.18. The molecule has 2 fully saturated rings. The zero-order valence-electron chi connectivity index (χ0n) is 11.5. The topological polar surface area (TPSA) is 43.4 Å². The van der Waals surface area contributed by atoms with Gasteiger partial charge in [0.05, 0.1) is 12.5 Å². The van der Waals surface area contributed by atoms with E-state index in [-0.39, 0.29) is 22.9 Å². The molecule has 2 aliphatic rings. The third-order valence-corrected chi connectivity index (χ3v) is 4.78. The van der Waals surface area contributed by atoms with Gasteiger partial charge in [0.1, 0.15) is 11.5 Å². The third kappa shape index (κ3) is 1.57. The molecule has 0 unspecified atom stereocenters. The van der Waals surface area contributed by atoms with E-state index < -0.39 is 5.41 Å². The van der Waals surface area contributed by atoms with Crippen LogP contribution in [0.1, 0.15) is 37.0 Å². The van der Waals surface area contributed by atoms with Gasteiger partial charge >= 0.3 is 0 Å². The van der Waals surface area contributed by atoms with Crippen LogP contribution in [0.2, 0.25) is 0 Å². The zero-order chi connectivity index (χ0) is 13.8. The maximum atomic E-state index is 12.6. The van der Waals surface area contributed by atoms with Crippen LogP contribution >= 0.6 is 0 Å². The van der Waals surface area contributed by atoms with Crippen LogP contribution in [-0.2, 0) is 4.79 Å². The van der Waals surface area contributed by atoms with Crippen molar-refractivity contribution in [3.8, 4) is 5.75 Å². The van der Waals surface area contributed by atoms with Crippen molar-refractivity contribution in [3.05, 3.63) is 29.8 Å². The number of fused-ring (bicyclic) bond motifs is 1. The highest BCUT2D eigenvalue weighted by molar-refractivity contribution is 6.19. The second-order valence-electron chi connectivity index (χ2n) is 6.37. The Balaban J connectivity index is 1.91. The summed E-state index contributed by atoms with van der Waals surface area (Å²) in [4.78, 5) is 24.9. The summed E-state index contributed by atoms with van der Waals surface area (Å²) in [5.74, 6) is 1.07. The van der Waals surface area contributed by atoms with Gasteiger partial charge in [0.15, 0.2) is 5.78 Å². The minimum absolute atomic E-state index is 0.00396. The average Bonchev–Trinajstić information content (AvgIpc) is 3.11. The Morgan fingerprint density at radius 1 is 1.26 bits per heavy atom. The van der Waals surface area contributed by atoms with Gasteiger partial charge in [-0.15, -0.1) is 0 Å². The number of carbonyl (C=O) groups excluding carboxylic acids is 2. The van der Waals surface area contributed by atoms with Crippen molar-refractivity contribution in [2.24, 2.45) is 16.7 Å². The largest absolute Gasteiger partial charge is 0.497 e. The highest BCUT2D eigenvalue weighted by Crippen LogP contribution is 2.69. The lowest BCUT2D eigenvalue weighted by atomic mass is 9.87. The number of benzene rings is 1. The van der Waals surface area contributed by atoms with Gasteiger partial charge in [-0.3, -0.25) is 9.59 Å². The SMILES string of the molecule is COc1ccc(C(=O)[C@@]23C[C@@H]2C(C)(C)CC3=O)cc1. The molecule has 0 aliphatic heterocycles. The van der Waals surface area contributed by atoms with Crippen molar-refractivity contribution in [3.63, 3.8) is 0 Å². The van der Waals surface area contributed by atoms with Crippen molar-refractivity contribution in [2.45, 2.75) is 26.7 Å². The van der Waals surface area contributed by atoms with E-state index >= 15 is 0 Å². The second-order valence-corrected chi connectivity index (χ2v) is 6.37. The summed E-state index contributed by atoms with van der Waals surface area (Å²) in [5.41, 5.74) is -0.119. The van der Waals surface area contributed by atoms with Gasteiger partial charge in [-0.1, -0.05) is 13.8 Å². The first kappa shape index (κ1) is 12.4. The lowest BCUT2D eigenvalue weighted by Crippen LogP contribution is -2.24. The van der Waals surface area contributed by atoms with E-state index in [1.807, 2.05) is 0 Å². The predicted molar refractivity (Wildman–Crippen MR) is 71.3 cm³/mol. The average molecular weight is 258 g/mol. The monoisotopic (exact) mass is 258 g/mol. The molecule has 2 atom stereocenters. The van der Waals surface area contributed by atoms with Crippen molar-refractivity contribution in [1.29, 1.82) is 0 Å². The summed E-state index contributed by atoms with van der Waals surface area (Å²) >= 11 is 0. The van der Waals surface area contributed by atoms with Gasteiger partial charge in [0.2, 0.25) is 0 Å². The van der Waals surface area contributed by atoms with Crippen LogP contribution in [0, 0.1) is 16.7 Å². The number of rotatable bonds is 3. The molecule has 3 heteroatoms. The molecule has 0 radical (unpaired) electrons. The quantitative estimate of drug-likeness (QED) is 0.618. The zero-order valence-corrected chi connectivity index (χ0v) is 11.5. The summed E-state index contributed by atoms with van der Waals surface area (Å²) in [6, 6.07) is 7.05. The molecule has 19 heavy (non-hydrogen) atoms. The summed E-state index contributed by atoms with van der Waals surface area (Å²) in [5, 5.41) is 0. The van der Waals surface area contributed by atoms with Gasteiger partial charge in [-0.2, -0.15) is 0 Å². The van der Waals surface area contributed by atoms with Crippen LogP contribution in [-0.4, -0.2) is 18.7 Å². The van der Waals surface area contributed by atoms with Crippen LogP contribution in [0.15, 0.2) is 24.3 Å². The Morgan fingerprint density at radius 3 is 2.32 bits per heavy atom. The molecule has 1 aromatic rings. The van der Waals surface area contributed by atoms with Gasteiger partial charge in [0, 0.05) is 12.0 Å². The van der Waals surface area contributed by atoms with Gasteiger partial charge in [-0.25, -0.2) is 0 Å². The number of ether oxygens (including phenoxy) is 1. The first-order chi connectivity index (χ1) is 8.91. The Labute approximate surface area is 113 Å². The maximum Gasteiger partial charge on any atom is 0.176 e. The number of hydrogen-bond donors (Lipinski definition) is 0. The van der Waals surface area contributed by atoms with Gasteiger partial charge in [0.25, 0.3) is 0 Å². The van der Waals surface area contributed by atoms with Crippen LogP contribution in [0.4, 0.5) is 0 Å². The molecular formula is C16H18O3. The maximum absolute atomic E-state index is 12.6. The molecule has 0 heterocycles. The first-order valence-electron chi connectivity index (χ1n) is 6.64. The highest BCUT2D eigenvalue weighted by atomic mass is 16.5. The fourth-order valence-electron chi connectivity index (χ4n) is 3.59. The number of hydrogen-bond acceptors (Lipinski definition) is 3. The molecule has 3 rings (SSSR count). The Morgan fingerprint density at radius 2 is 1.89 bits per heavy atom. The lowest BCUT2D eigenvalue weighted by molar-refractivity contribution is -0.121. The van der Waals surface area contributed by atoms with E-state index in [0.29, 0.717) is 12.0 Å². The molecule has 0 spiro atoms. The van der Waals surface area contributed by atoms with E-state index in [9.17, 15) is 9.59 Å². The molecule has 2 saturated carbocycles. The van der Waals surface area contributed by atoms with Crippen molar-refractivity contribution < 1.29 is 14.3 Å². The lowest BCUT2D eigenvalue weighted by Gasteiger charge is -2.16. The van der Waals surface area contributed by atoms with Crippen LogP contribution in [0.25, 0.3) is 0 Å². The molecule has 2 aliphatic carbocycles. The number of Topliss-reactive ketones (excluding diaryl/α,β-unsaturated/α-hetero) is 2. The van der Waals surface area contributed by atoms with Gasteiger partial charge in [-0.05, 0) is 42.0 Å². The molecule has 0 amide bonds. The summed E-state index contributed by atoms with van der Waals surface area (Å²) in [6.07, 6.45) is 1.25. The van der Waals surface area contributed by atoms with E-state index in [1.165, 1.54) is 0 Å². The number of carbonyl (C=O) groups is 2. The summed E-state index contributed by atoms with van der Waals surface area (Å²) < 4.78 is 5.09. The number of methoxy groups -OCH3 is 1. The minimum Gasteiger partial charge on any atom is -0.497 e. The van der Waals surface area contributed by atoms with Crippen LogP contribution < -0.4 is 4.74 Å². The van der Waals surface area contributed by atoms with E-state index in [4.69, 9.17) is 4.74 Å². The fraction of sp³-hybridized carbons (Fsp3) is 0.500. The van der Waals surface area contributed by atoms with Crippen LogP contribution in [0.3, 0.4) is 0 Å². The number of ketones is 2. The van der Waals surface area contributed by atoms with Crippen molar-refractivity contribution in [1.82, 2.24) is 0 Å². The van der Waals surface area contributed by atoms with E-state index in [1.54, 1.807) is 31.4 Å². The Hall–Kier alpha value is -1.64. The first-order valence-corrected chi connectivity index (χ1v) is 6.64. The molecule has 0 aromatic heterocycles. The molecule has 3 nitrogen and oxygen atoms in total. The van der Waals surface area contributed by atoms with Crippen molar-refractivity contribution >= 4 is 11.6 Å². The van der Waals surface area contributed by atoms with Crippen molar-refractivity contribution in [2.75, 3.05) is 7.11 Å². The highest BCUT2D eigenvalue weighted by Gasteiger charge is 2.73. The van der Waals surface area contributed by atoms with E-state index in [2.05, 4.69) is 13.8 Å². The normalized spacial score (nSPS) is 30.9. The van der Waals surface area contributed by atoms with E-state index in [0.717, 1.165) is 12.2 Å². The van der Waals surface area contributed by atoms with Gasteiger partial charge < -0.3 is 4.74 Å². The standard InChI is InChI=1S/C16H18O3/c1-15(2)9-13(17)16(8-12(15)16)14(18)10-4-6-11(19-3)7-5-10/h4-7,12H,8-9H2,1-3H3/t12-,16+/m1/s1. The Bertz CT molecular complexity index is 556. The smallest absolute Gasteiger partial charge is 0.176 e. The predicted octanol–water partition coefficient (Wildman–Crippen LogP) is 2.88. The molecular weight excluding hydrogens is 240 g/mol. The molecule has 0 bridgehead atoms. The molecule has 100 valence electrons. The summed E-state index contributed by atoms with van der Waals surface area (Å²) in [7, 11) is 1.59. The molecule has 1 aromatic carbocycles. The Kier molecular flexibility index (Phi) is 2.40. The third-order valence-electron chi connectivity index (χ3n) is 4.78. The van der Waals surface area contributed by atoms with Crippen LogP contribution in [0.5, 0.6) is 5.75 Å². The molecule has 0 saturated heterocycles. The second kappa shape index (κ2) is 3.69. The fourth-order valence-corrected chi connectivity index (χ4v) is 3.59. The minimum atomic E-state index is -0.710. The molecule has 0 N–H and O–H groups in total.